The van der Waals surface area contributed by atoms with Crippen molar-refractivity contribution in [3.05, 3.63) is 23.0 Å². The lowest BCUT2D eigenvalue weighted by Crippen LogP contribution is -2.43. The Morgan fingerprint density at radius 3 is 2.45 bits per heavy atom. The molecule has 1 aromatic rings. The van der Waals surface area contributed by atoms with Gasteiger partial charge in [0.15, 0.2) is 0 Å². The molecular weight excluding hydrogens is 280 g/mol. The van der Waals surface area contributed by atoms with Crippen molar-refractivity contribution in [3.63, 3.8) is 0 Å². The maximum atomic E-state index is 12.0. The molecule has 110 valence electrons. The summed E-state index contributed by atoms with van der Waals surface area (Å²) >= 11 is 5.75. The normalized spacial score (nSPS) is 18.2. The number of amides is 1. The number of carboxylic acids is 1. The number of H-pyrrole nitrogens is 1. The molecule has 6 heteroatoms. The molecule has 5 nitrogen and oxygen atoms in total. The Morgan fingerprint density at radius 2 is 1.95 bits per heavy atom. The molecule has 0 spiro atoms. The second-order valence-corrected chi connectivity index (χ2v) is 5.85. The largest absolute Gasteiger partial charge is 0.481 e. The zero-order chi connectivity index (χ0) is 14.6. The van der Waals surface area contributed by atoms with E-state index >= 15 is 0 Å². The van der Waals surface area contributed by atoms with E-state index in [1.165, 1.54) is 12.3 Å². The van der Waals surface area contributed by atoms with Crippen molar-refractivity contribution >= 4 is 23.5 Å². The Balaban J connectivity index is 2.01. The van der Waals surface area contributed by atoms with Crippen molar-refractivity contribution in [1.29, 1.82) is 0 Å². The van der Waals surface area contributed by atoms with Crippen molar-refractivity contribution in [2.24, 2.45) is 5.41 Å². The number of rotatable bonds is 4. The first-order valence-corrected chi connectivity index (χ1v) is 7.27. The van der Waals surface area contributed by atoms with Gasteiger partial charge in [-0.2, -0.15) is 0 Å². The Hall–Kier alpha value is -1.49. The van der Waals surface area contributed by atoms with Crippen LogP contribution in [0.3, 0.4) is 0 Å². The van der Waals surface area contributed by atoms with Crippen molar-refractivity contribution in [2.75, 3.05) is 6.54 Å². The van der Waals surface area contributed by atoms with Gasteiger partial charge in [0.05, 0.1) is 10.4 Å². The predicted octanol–water partition coefficient (Wildman–Crippen LogP) is 2.82. The fourth-order valence-electron chi connectivity index (χ4n) is 2.72. The number of carbonyl (C=O) groups excluding carboxylic acids is 1. The minimum Gasteiger partial charge on any atom is -0.481 e. The highest BCUT2D eigenvalue weighted by molar-refractivity contribution is 6.30. The molecule has 1 aliphatic rings. The number of aromatic nitrogens is 1. The van der Waals surface area contributed by atoms with E-state index < -0.39 is 11.4 Å². The van der Waals surface area contributed by atoms with Gasteiger partial charge in [0.25, 0.3) is 5.91 Å². The van der Waals surface area contributed by atoms with Gasteiger partial charge < -0.3 is 15.4 Å². The number of halogens is 1. The van der Waals surface area contributed by atoms with Gasteiger partial charge in [-0.1, -0.05) is 37.3 Å². The van der Waals surface area contributed by atoms with Crippen molar-refractivity contribution in [1.82, 2.24) is 10.3 Å². The lowest BCUT2D eigenvalue weighted by atomic mass is 9.80. The minimum absolute atomic E-state index is 0.164. The molecule has 1 aliphatic carbocycles. The molecule has 0 atom stereocenters. The van der Waals surface area contributed by atoms with Gasteiger partial charge in [0, 0.05) is 12.7 Å². The van der Waals surface area contributed by atoms with Crippen LogP contribution in [0.5, 0.6) is 0 Å². The second-order valence-electron chi connectivity index (χ2n) is 5.41. The van der Waals surface area contributed by atoms with Crippen LogP contribution < -0.4 is 5.32 Å². The molecular formula is C14H19ClN2O3. The van der Waals surface area contributed by atoms with Gasteiger partial charge in [-0.05, 0) is 18.9 Å². The average molecular weight is 299 g/mol. The van der Waals surface area contributed by atoms with Gasteiger partial charge >= 0.3 is 5.97 Å². The minimum atomic E-state index is -0.831. The fourth-order valence-corrected chi connectivity index (χ4v) is 2.88. The lowest BCUT2D eigenvalue weighted by molar-refractivity contribution is -0.149. The van der Waals surface area contributed by atoms with Gasteiger partial charge in [-0.25, -0.2) is 0 Å². The third-order valence-electron chi connectivity index (χ3n) is 3.99. The van der Waals surface area contributed by atoms with Crippen LogP contribution in [0.4, 0.5) is 0 Å². The number of carbonyl (C=O) groups is 2. The Labute approximate surface area is 122 Å². The summed E-state index contributed by atoms with van der Waals surface area (Å²) in [7, 11) is 0. The topological polar surface area (TPSA) is 82.2 Å². The van der Waals surface area contributed by atoms with E-state index in [2.05, 4.69) is 10.3 Å². The van der Waals surface area contributed by atoms with Crippen LogP contribution in [0.2, 0.25) is 5.02 Å². The van der Waals surface area contributed by atoms with E-state index in [0.717, 1.165) is 25.7 Å². The Kier molecular flexibility index (Phi) is 4.70. The van der Waals surface area contributed by atoms with E-state index in [-0.39, 0.29) is 12.5 Å². The summed E-state index contributed by atoms with van der Waals surface area (Å²) < 4.78 is 0. The zero-order valence-electron chi connectivity index (χ0n) is 11.2. The van der Waals surface area contributed by atoms with E-state index in [0.29, 0.717) is 23.6 Å². The highest BCUT2D eigenvalue weighted by Crippen LogP contribution is 2.34. The number of carboxylic acid groups (broad SMARTS) is 1. The molecule has 0 radical (unpaired) electrons. The van der Waals surface area contributed by atoms with Crippen LogP contribution in [-0.2, 0) is 4.79 Å². The summed E-state index contributed by atoms with van der Waals surface area (Å²) in [6.07, 6.45) is 6.69. The average Bonchev–Trinajstić information content (AvgIpc) is 2.71. The predicted molar refractivity (Wildman–Crippen MR) is 75.9 cm³/mol. The van der Waals surface area contributed by atoms with Gasteiger partial charge in [-0.15, -0.1) is 0 Å². The quantitative estimate of drug-likeness (QED) is 0.748. The molecule has 1 amide bonds. The summed E-state index contributed by atoms with van der Waals surface area (Å²) in [5, 5.41) is 12.7. The number of aliphatic carboxylic acids is 1. The SMILES string of the molecule is O=C(NCC1(C(=O)O)CCCCCC1)c1cc(Cl)c[nH]1. The summed E-state index contributed by atoms with van der Waals surface area (Å²) in [6.45, 7) is 0.164. The van der Waals surface area contributed by atoms with Crippen molar-refractivity contribution in [2.45, 2.75) is 38.5 Å². The third-order valence-corrected chi connectivity index (χ3v) is 4.21. The van der Waals surface area contributed by atoms with E-state index in [1.807, 2.05) is 0 Å². The molecule has 2 rings (SSSR count). The molecule has 1 aromatic heterocycles. The van der Waals surface area contributed by atoms with Crippen LogP contribution in [0.1, 0.15) is 49.0 Å². The van der Waals surface area contributed by atoms with Gasteiger partial charge in [0.2, 0.25) is 0 Å². The molecule has 20 heavy (non-hydrogen) atoms. The second kappa shape index (κ2) is 6.31. The smallest absolute Gasteiger partial charge is 0.311 e. The molecule has 0 bridgehead atoms. The molecule has 0 aliphatic heterocycles. The Morgan fingerprint density at radius 1 is 1.30 bits per heavy atom. The Bertz CT molecular complexity index is 490. The summed E-state index contributed by atoms with van der Waals surface area (Å²) in [5.74, 6) is -1.13. The molecule has 1 saturated carbocycles. The monoisotopic (exact) mass is 298 g/mol. The number of aromatic amines is 1. The van der Waals surface area contributed by atoms with Crippen LogP contribution in [0.25, 0.3) is 0 Å². The number of nitrogens with one attached hydrogen (secondary N) is 2. The lowest BCUT2D eigenvalue weighted by Gasteiger charge is -2.28. The van der Waals surface area contributed by atoms with Gasteiger partial charge in [-0.3, -0.25) is 9.59 Å². The third kappa shape index (κ3) is 3.33. The number of hydrogen-bond donors (Lipinski definition) is 3. The molecule has 0 saturated heterocycles. The van der Waals surface area contributed by atoms with Crippen molar-refractivity contribution in [3.8, 4) is 0 Å². The standard InChI is InChI=1S/C14H19ClN2O3/c15-10-7-11(16-8-10)12(18)17-9-14(13(19)20)5-3-1-2-4-6-14/h7-8,16H,1-6,9H2,(H,17,18)(H,19,20). The molecule has 0 unspecified atom stereocenters. The zero-order valence-corrected chi connectivity index (χ0v) is 12.0. The maximum absolute atomic E-state index is 12.0. The highest BCUT2D eigenvalue weighted by atomic mass is 35.5. The van der Waals surface area contributed by atoms with Crippen LogP contribution >= 0.6 is 11.6 Å². The van der Waals surface area contributed by atoms with Crippen LogP contribution in [-0.4, -0.2) is 28.5 Å². The fraction of sp³-hybridized carbons (Fsp3) is 0.571. The first-order chi connectivity index (χ1) is 9.53. The summed E-state index contributed by atoms with van der Waals surface area (Å²) in [5.41, 5.74) is -0.480. The summed E-state index contributed by atoms with van der Waals surface area (Å²) in [4.78, 5) is 26.3. The maximum Gasteiger partial charge on any atom is 0.311 e. The van der Waals surface area contributed by atoms with Gasteiger partial charge in [0.1, 0.15) is 5.69 Å². The summed E-state index contributed by atoms with van der Waals surface area (Å²) in [6, 6.07) is 1.53. The molecule has 1 heterocycles. The number of hydrogen-bond acceptors (Lipinski definition) is 2. The molecule has 0 aromatic carbocycles. The van der Waals surface area contributed by atoms with Crippen LogP contribution in [0, 0.1) is 5.41 Å². The van der Waals surface area contributed by atoms with E-state index in [9.17, 15) is 14.7 Å². The highest BCUT2D eigenvalue weighted by Gasteiger charge is 2.38. The van der Waals surface area contributed by atoms with Crippen molar-refractivity contribution < 1.29 is 14.7 Å². The van der Waals surface area contributed by atoms with E-state index in [4.69, 9.17) is 11.6 Å². The molecule has 3 N–H and O–H groups in total. The first-order valence-electron chi connectivity index (χ1n) is 6.89. The first kappa shape index (κ1) is 14.9. The van der Waals surface area contributed by atoms with E-state index in [1.54, 1.807) is 0 Å². The molecule has 1 fully saturated rings. The van der Waals surface area contributed by atoms with Crippen LogP contribution in [0.15, 0.2) is 12.3 Å².